The van der Waals surface area contributed by atoms with Gasteiger partial charge in [0.1, 0.15) is 4.90 Å². The monoisotopic (exact) mass is 350 g/mol. The Bertz CT molecular complexity index is 612. The molecule has 21 heavy (non-hydrogen) atoms. The van der Waals surface area contributed by atoms with Gasteiger partial charge in [0.2, 0.25) is 10.0 Å². The molecule has 0 amide bonds. The summed E-state index contributed by atoms with van der Waals surface area (Å²) in [6, 6.07) is 2.86. The van der Waals surface area contributed by atoms with E-state index in [2.05, 4.69) is 11.6 Å². The standard InChI is InChI=1S/C14H20Cl2N2O2S/c1-9-2-4-11(5-3-9)18-21(19,20)14-6-10(8-17)12(15)7-13(14)16/h6-7,9,11,18H,2-5,8,17H2,1H3. The number of hydrogen-bond donors (Lipinski definition) is 2. The molecule has 1 aliphatic carbocycles. The molecule has 0 bridgehead atoms. The van der Waals surface area contributed by atoms with Crippen LogP contribution in [0.25, 0.3) is 0 Å². The van der Waals surface area contributed by atoms with Crippen LogP contribution in [0.4, 0.5) is 0 Å². The lowest BCUT2D eigenvalue weighted by atomic mass is 9.88. The van der Waals surface area contributed by atoms with Crippen LogP contribution in [0, 0.1) is 5.92 Å². The van der Waals surface area contributed by atoms with E-state index in [1.165, 1.54) is 12.1 Å². The molecule has 1 fully saturated rings. The van der Waals surface area contributed by atoms with Crippen molar-refractivity contribution in [3.05, 3.63) is 27.7 Å². The Morgan fingerprint density at radius 3 is 2.38 bits per heavy atom. The minimum atomic E-state index is -3.65. The smallest absolute Gasteiger partial charge is 0.242 e. The van der Waals surface area contributed by atoms with E-state index >= 15 is 0 Å². The highest BCUT2D eigenvalue weighted by atomic mass is 35.5. The lowest BCUT2D eigenvalue weighted by Crippen LogP contribution is -2.37. The van der Waals surface area contributed by atoms with Gasteiger partial charge in [-0.2, -0.15) is 0 Å². The molecular weight excluding hydrogens is 331 g/mol. The summed E-state index contributed by atoms with van der Waals surface area (Å²) in [5.74, 6) is 0.661. The maximum atomic E-state index is 12.5. The van der Waals surface area contributed by atoms with Gasteiger partial charge >= 0.3 is 0 Å². The second kappa shape index (κ2) is 6.84. The first-order valence-corrected chi connectivity index (χ1v) is 9.27. The van der Waals surface area contributed by atoms with Crippen molar-refractivity contribution in [1.82, 2.24) is 4.72 Å². The van der Waals surface area contributed by atoms with Gasteiger partial charge in [0.15, 0.2) is 0 Å². The van der Waals surface area contributed by atoms with Crippen molar-refractivity contribution in [3.8, 4) is 0 Å². The van der Waals surface area contributed by atoms with Crippen LogP contribution in [0.1, 0.15) is 38.2 Å². The molecule has 0 heterocycles. The number of benzene rings is 1. The molecule has 0 aliphatic heterocycles. The minimum Gasteiger partial charge on any atom is -0.326 e. The molecule has 7 heteroatoms. The SMILES string of the molecule is CC1CCC(NS(=O)(=O)c2cc(CN)c(Cl)cc2Cl)CC1. The fourth-order valence-electron chi connectivity index (χ4n) is 2.59. The van der Waals surface area contributed by atoms with Gasteiger partial charge in [-0.05, 0) is 49.3 Å². The Morgan fingerprint density at radius 2 is 1.81 bits per heavy atom. The van der Waals surface area contributed by atoms with Crippen LogP contribution in [-0.4, -0.2) is 14.5 Å². The zero-order chi connectivity index (χ0) is 15.6. The topological polar surface area (TPSA) is 72.2 Å². The van der Waals surface area contributed by atoms with Gasteiger partial charge in [-0.3, -0.25) is 0 Å². The van der Waals surface area contributed by atoms with E-state index < -0.39 is 10.0 Å². The number of hydrogen-bond acceptors (Lipinski definition) is 3. The number of rotatable bonds is 4. The van der Waals surface area contributed by atoms with E-state index in [0.29, 0.717) is 16.5 Å². The van der Waals surface area contributed by atoms with E-state index in [0.717, 1.165) is 25.7 Å². The van der Waals surface area contributed by atoms with Gasteiger partial charge in [-0.25, -0.2) is 13.1 Å². The zero-order valence-electron chi connectivity index (χ0n) is 11.9. The van der Waals surface area contributed by atoms with Crippen LogP contribution in [0.3, 0.4) is 0 Å². The Hall–Kier alpha value is -0.330. The fraction of sp³-hybridized carbons (Fsp3) is 0.571. The van der Waals surface area contributed by atoms with Crippen LogP contribution >= 0.6 is 23.2 Å². The first kappa shape index (κ1) is 17.0. The Kier molecular flexibility index (Phi) is 5.54. The lowest BCUT2D eigenvalue weighted by molar-refractivity contribution is 0.332. The Morgan fingerprint density at radius 1 is 1.19 bits per heavy atom. The quantitative estimate of drug-likeness (QED) is 0.874. The zero-order valence-corrected chi connectivity index (χ0v) is 14.2. The maximum Gasteiger partial charge on any atom is 0.242 e. The van der Waals surface area contributed by atoms with Crippen LogP contribution in [0.5, 0.6) is 0 Å². The van der Waals surface area contributed by atoms with Crippen molar-refractivity contribution in [3.63, 3.8) is 0 Å². The van der Waals surface area contributed by atoms with Gasteiger partial charge in [0.25, 0.3) is 0 Å². The summed E-state index contributed by atoms with van der Waals surface area (Å²) < 4.78 is 27.8. The number of sulfonamides is 1. The Labute approximate surface area is 136 Å². The highest BCUT2D eigenvalue weighted by Crippen LogP contribution is 2.30. The molecule has 4 nitrogen and oxygen atoms in total. The minimum absolute atomic E-state index is 0.0285. The van der Waals surface area contributed by atoms with Gasteiger partial charge in [0, 0.05) is 17.6 Å². The third-order valence-electron chi connectivity index (χ3n) is 3.95. The van der Waals surface area contributed by atoms with Crippen molar-refractivity contribution in [2.75, 3.05) is 0 Å². The fourth-order valence-corrected chi connectivity index (χ4v) is 4.77. The van der Waals surface area contributed by atoms with E-state index in [4.69, 9.17) is 28.9 Å². The molecule has 0 aromatic heterocycles. The summed E-state index contributed by atoms with van der Waals surface area (Å²) in [7, 11) is -3.65. The van der Waals surface area contributed by atoms with Crippen LogP contribution in [0.15, 0.2) is 17.0 Å². The summed E-state index contributed by atoms with van der Waals surface area (Å²) in [5.41, 5.74) is 6.14. The molecule has 1 aromatic rings. The maximum absolute atomic E-state index is 12.5. The van der Waals surface area contributed by atoms with Crippen LogP contribution in [-0.2, 0) is 16.6 Å². The van der Waals surface area contributed by atoms with Gasteiger partial charge in [0.05, 0.1) is 5.02 Å². The molecule has 2 rings (SSSR count). The molecule has 0 radical (unpaired) electrons. The van der Waals surface area contributed by atoms with Gasteiger partial charge < -0.3 is 5.73 Å². The van der Waals surface area contributed by atoms with E-state index in [1.807, 2.05) is 0 Å². The first-order chi connectivity index (χ1) is 9.83. The van der Waals surface area contributed by atoms with Gasteiger partial charge in [-0.15, -0.1) is 0 Å². The predicted molar refractivity (Wildman–Crippen MR) is 86.1 cm³/mol. The summed E-state index contributed by atoms with van der Waals surface area (Å²) in [5, 5.41) is 0.502. The van der Waals surface area contributed by atoms with Crippen molar-refractivity contribution >= 4 is 33.2 Å². The second-order valence-electron chi connectivity index (χ2n) is 5.66. The third-order valence-corrected chi connectivity index (χ3v) is 6.29. The molecule has 118 valence electrons. The molecule has 1 aromatic carbocycles. The second-order valence-corrected chi connectivity index (χ2v) is 8.15. The van der Waals surface area contributed by atoms with Crippen molar-refractivity contribution in [2.24, 2.45) is 11.7 Å². The van der Waals surface area contributed by atoms with Crippen LogP contribution in [0.2, 0.25) is 10.0 Å². The summed E-state index contributed by atoms with van der Waals surface area (Å²) in [4.78, 5) is 0.0487. The van der Waals surface area contributed by atoms with E-state index in [1.54, 1.807) is 0 Å². The summed E-state index contributed by atoms with van der Waals surface area (Å²) in [6.45, 7) is 2.35. The molecule has 0 saturated heterocycles. The van der Waals surface area contributed by atoms with E-state index in [-0.39, 0.29) is 22.5 Å². The largest absolute Gasteiger partial charge is 0.326 e. The molecule has 0 spiro atoms. The molecular formula is C14H20Cl2N2O2S. The average molecular weight is 351 g/mol. The number of halogens is 2. The summed E-state index contributed by atoms with van der Waals surface area (Å²) in [6.07, 6.45) is 3.79. The molecule has 0 atom stereocenters. The molecule has 3 N–H and O–H groups in total. The molecule has 0 unspecified atom stereocenters. The highest BCUT2D eigenvalue weighted by molar-refractivity contribution is 7.89. The normalized spacial score (nSPS) is 23.2. The van der Waals surface area contributed by atoms with E-state index in [9.17, 15) is 8.42 Å². The number of nitrogens with two attached hydrogens (primary N) is 1. The van der Waals surface area contributed by atoms with Crippen LogP contribution < -0.4 is 10.5 Å². The first-order valence-electron chi connectivity index (χ1n) is 7.04. The Balaban J connectivity index is 2.23. The predicted octanol–water partition coefficient (Wildman–Crippen LogP) is 3.31. The lowest BCUT2D eigenvalue weighted by Gasteiger charge is -2.27. The van der Waals surface area contributed by atoms with Crippen molar-refractivity contribution in [2.45, 2.75) is 50.1 Å². The highest BCUT2D eigenvalue weighted by Gasteiger charge is 2.26. The summed E-state index contributed by atoms with van der Waals surface area (Å²) >= 11 is 12.0. The average Bonchev–Trinajstić information content (AvgIpc) is 2.41. The molecule has 1 aliphatic rings. The number of nitrogens with one attached hydrogen (secondary N) is 1. The van der Waals surface area contributed by atoms with Crippen molar-refractivity contribution < 1.29 is 8.42 Å². The third kappa shape index (κ3) is 4.11. The molecule has 1 saturated carbocycles. The van der Waals surface area contributed by atoms with Crippen molar-refractivity contribution in [1.29, 1.82) is 0 Å². The van der Waals surface area contributed by atoms with Gasteiger partial charge in [-0.1, -0.05) is 30.1 Å².